The summed E-state index contributed by atoms with van der Waals surface area (Å²) >= 11 is 0. The zero-order chi connectivity index (χ0) is 15.2. The Hall–Kier alpha value is -2.63. The van der Waals surface area contributed by atoms with E-state index in [1.54, 1.807) is 0 Å². The molecular weight excluding hydrogens is 282 g/mol. The van der Waals surface area contributed by atoms with Gasteiger partial charge in [-0.3, -0.25) is 0 Å². The molecule has 6 heteroatoms. The highest BCUT2D eigenvalue weighted by molar-refractivity contribution is 5.87. The number of hydrogen-bond acceptors (Lipinski definition) is 3. The van der Waals surface area contributed by atoms with E-state index in [1.807, 2.05) is 0 Å². The van der Waals surface area contributed by atoms with Crippen LogP contribution in [0.2, 0.25) is 0 Å². The number of halogens is 2. The molecule has 2 rings (SSSR count). The predicted octanol–water partition coefficient (Wildman–Crippen LogP) is 3.12. The minimum atomic E-state index is -1.02. The largest absolute Gasteiger partial charge is 0.490 e. The SMILES string of the molecule is O=C(O)c1ccc(OCCOc2ccc(F)cc2F)cc1. The van der Waals surface area contributed by atoms with Gasteiger partial charge in [-0.15, -0.1) is 0 Å². The highest BCUT2D eigenvalue weighted by Crippen LogP contribution is 2.17. The van der Waals surface area contributed by atoms with Crippen LogP contribution in [-0.4, -0.2) is 24.3 Å². The van der Waals surface area contributed by atoms with Gasteiger partial charge in [0.15, 0.2) is 11.6 Å². The molecule has 0 atom stereocenters. The number of benzene rings is 2. The normalized spacial score (nSPS) is 10.2. The average Bonchev–Trinajstić information content (AvgIpc) is 2.46. The van der Waals surface area contributed by atoms with Crippen molar-refractivity contribution in [2.24, 2.45) is 0 Å². The van der Waals surface area contributed by atoms with E-state index in [2.05, 4.69) is 0 Å². The van der Waals surface area contributed by atoms with E-state index in [9.17, 15) is 13.6 Å². The molecule has 0 radical (unpaired) electrons. The first-order chi connectivity index (χ1) is 10.1. The van der Waals surface area contributed by atoms with Crippen LogP contribution in [0.4, 0.5) is 8.78 Å². The molecule has 0 heterocycles. The molecule has 2 aromatic carbocycles. The zero-order valence-electron chi connectivity index (χ0n) is 10.9. The van der Waals surface area contributed by atoms with Crippen molar-refractivity contribution in [2.75, 3.05) is 13.2 Å². The predicted molar refractivity (Wildman–Crippen MR) is 70.7 cm³/mol. The van der Waals surface area contributed by atoms with Crippen molar-refractivity contribution in [3.8, 4) is 11.5 Å². The Kier molecular flexibility index (Phi) is 4.71. The maximum atomic E-state index is 13.3. The summed E-state index contributed by atoms with van der Waals surface area (Å²) in [7, 11) is 0. The Morgan fingerprint density at radius 3 is 2.29 bits per heavy atom. The van der Waals surface area contributed by atoms with Gasteiger partial charge < -0.3 is 14.6 Å². The van der Waals surface area contributed by atoms with Gasteiger partial charge in [0.05, 0.1) is 5.56 Å². The minimum absolute atomic E-state index is 0.0544. The van der Waals surface area contributed by atoms with Crippen LogP contribution in [0.1, 0.15) is 10.4 Å². The third-order valence-electron chi connectivity index (χ3n) is 2.60. The smallest absolute Gasteiger partial charge is 0.335 e. The summed E-state index contributed by atoms with van der Waals surface area (Å²) in [6.07, 6.45) is 0. The second-order valence-corrected chi connectivity index (χ2v) is 4.10. The molecule has 1 N–H and O–H groups in total. The molecule has 0 bridgehead atoms. The van der Waals surface area contributed by atoms with E-state index >= 15 is 0 Å². The van der Waals surface area contributed by atoms with Gasteiger partial charge in [0.25, 0.3) is 0 Å². The molecule has 110 valence electrons. The van der Waals surface area contributed by atoms with Gasteiger partial charge in [-0.1, -0.05) is 0 Å². The molecular formula is C15H12F2O4. The van der Waals surface area contributed by atoms with Crippen LogP contribution in [0.5, 0.6) is 11.5 Å². The number of carboxylic acid groups (broad SMARTS) is 1. The summed E-state index contributed by atoms with van der Waals surface area (Å²) in [5.74, 6) is -2.04. The number of hydrogen-bond donors (Lipinski definition) is 1. The lowest BCUT2D eigenvalue weighted by atomic mass is 10.2. The molecule has 0 spiro atoms. The van der Waals surface area contributed by atoms with Crippen LogP contribution in [0.15, 0.2) is 42.5 Å². The number of carbonyl (C=O) groups is 1. The summed E-state index contributed by atoms with van der Waals surface area (Å²) in [5, 5.41) is 8.74. The van der Waals surface area contributed by atoms with Gasteiger partial charge in [-0.05, 0) is 36.4 Å². The number of carboxylic acids is 1. The van der Waals surface area contributed by atoms with Crippen molar-refractivity contribution in [1.29, 1.82) is 0 Å². The molecule has 0 aliphatic heterocycles. The molecule has 0 fully saturated rings. The second kappa shape index (κ2) is 6.69. The van der Waals surface area contributed by atoms with Crippen molar-refractivity contribution >= 4 is 5.97 Å². The lowest BCUT2D eigenvalue weighted by Gasteiger charge is -2.09. The number of ether oxygens (including phenoxy) is 2. The highest BCUT2D eigenvalue weighted by atomic mass is 19.1. The summed E-state index contributed by atoms with van der Waals surface area (Å²) in [6, 6.07) is 8.90. The first-order valence-corrected chi connectivity index (χ1v) is 6.10. The molecule has 0 amide bonds. The van der Waals surface area contributed by atoms with Crippen molar-refractivity contribution in [3.05, 3.63) is 59.7 Å². The van der Waals surface area contributed by atoms with Crippen molar-refractivity contribution in [2.45, 2.75) is 0 Å². The fraction of sp³-hybridized carbons (Fsp3) is 0.133. The topological polar surface area (TPSA) is 55.8 Å². The van der Waals surface area contributed by atoms with Crippen molar-refractivity contribution in [3.63, 3.8) is 0 Å². The van der Waals surface area contributed by atoms with E-state index in [0.717, 1.165) is 12.1 Å². The molecule has 0 aromatic heterocycles. The minimum Gasteiger partial charge on any atom is -0.490 e. The third-order valence-corrected chi connectivity index (χ3v) is 2.60. The third kappa shape index (κ3) is 4.17. The monoisotopic (exact) mass is 294 g/mol. The van der Waals surface area contributed by atoms with Crippen LogP contribution in [0, 0.1) is 11.6 Å². The van der Waals surface area contributed by atoms with E-state index in [1.165, 1.54) is 30.3 Å². The summed E-state index contributed by atoms with van der Waals surface area (Å²) in [5.41, 5.74) is 0.159. The Bertz CT molecular complexity index is 626. The summed E-state index contributed by atoms with van der Waals surface area (Å²) in [6.45, 7) is 0.215. The molecule has 0 aliphatic carbocycles. The lowest BCUT2D eigenvalue weighted by Crippen LogP contribution is -2.10. The first kappa shape index (κ1) is 14.8. The summed E-state index contributed by atoms with van der Waals surface area (Å²) < 4.78 is 36.4. The highest BCUT2D eigenvalue weighted by Gasteiger charge is 2.05. The Balaban J connectivity index is 1.80. The Morgan fingerprint density at radius 2 is 1.67 bits per heavy atom. The zero-order valence-corrected chi connectivity index (χ0v) is 10.9. The van der Waals surface area contributed by atoms with E-state index < -0.39 is 17.6 Å². The van der Waals surface area contributed by atoms with Gasteiger partial charge in [0, 0.05) is 6.07 Å². The fourth-order valence-electron chi connectivity index (χ4n) is 1.60. The van der Waals surface area contributed by atoms with Gasteiger partial charge in [0.2, 0.25) is 0 Å². The Morgan fingerprint density at radius 1 is 1.00 bits per heavy atom. The number of rotatable bonds is 6. The van der Waals surface area contributed by atoms with E-state index in [0.29, 0.717) is 5.75 Å². The van der Waals surface area contributed by atoms with Crippen LogP contribution < -0.4 is 9.47 Å². The maximum Gasteiger partial charge on any atom is 0.335 e. The van der Waals surface area contributed by atoms with Crippen LogP contribution >= 0.6 is 0 Å². The van der Waals surface area contributed by atoms with Gasteiger partial charge in [-0.25, -0.2) is 13.6 Å². The Labute approximate surface area is 119 Å². The van der Waals surface area contributed by atoms with Crippen LogP contribution in [0.3, 0.4) is 0 Å². The number of aromatic carboxylic acids is 1. The van der Waals surface area contributed by atoms with Gasteiger partial charge in [-0.2, -0.15) is 0 Å². The molecule has 0 unspecified atom stereocenters. The quantitative estimate of drug-likeness (QED) is 0.832. The summed E-state index contributed by atoms with van der Waals surface area (Å²) in [4.78, 5) is 10.7. The van der Waals surface area contributed by atoms with Crippen LogP contribution in [0.25, 0.3) is 0 Å². The second-order valence-electron chi connectivity index (χ2n) is 4.10. The molecule has 2 aromatic rings. The molecule has 0 saturated heterocycles. The standard InChI is InChI=1S/C15H12F2O4/c16-11-3-6-14(13(17)9-11)21-8-7-20-12-4-1-10(2-5-12)15(18)19/h1-6,9H,7-8H2,(H,18,19). The molecule has 0 aliphatic rings. The van der Waals surface area contributed by atoms with Gasteiger partial charge >= 0.3 is 5.97 Å². The maximum absolute atomic E-state index is 13.3. The average molecular weight is 294 g/mol. The van der Waals surface area contributed by atoms with Gasteiger partial charge in [0.1, 0.15) is 24.8 Å². The lowest BCUT2D eigenvalue weighted by molar-refractivity contribution is 0.0697. The first-order valence-electron chi connectivity index (χ1n) is 6.10. The van der Waals surface area contributed by atoms with E-state index in [4.69, 9.17) is 14.6 Å². The fourth-order valence-corrected chi connectivity index (χ4v) is 1.60. The van der Waals surface area contributed by atoms with Crippen LogP contribution in [-0.2, 0) is 0 Å². The van der Waals surface area contributed by atoms with Crippen molar-refractivity contribution in [1.82, 2.24) is 0 Å². The molecule has 4 nitrogen and oxygen atoms in total. The molecule has 0 saturated carbocycles. The van der Waals surface area contributed by atoms with Crippen molar-refractivity contribution < 1.29 is 28.2 Å². The van der Waals surface area contributed by atoms with E-state index in [-0.39, 0.29) is 24.5 Å². The molecule has 21 heavy (non-hydrogen) atoms.